The molecule has 1 N–H and O–H groups in total. The fourth-order valence-electron chi connectivity index (χ4n) is 2.27. The number of hydrogen-bond donors (Lipinski definition) is 1. The van der Waals surface area contributed by atoms with Crippen molar-refractivity contribution in [2.75, 3.05) is 16.8 Å². The predicted octanol–water partition coefficient (Wildman–Crippen LogP) is 4.87. The molecule has 0 aromatic heterocycles. The van der Waals surface area contributed by atoms with Crippen molar-refractivity contribution in [3.63, 3.8) is 0 Å². The summed E-state index contributed by atoms with van der Waals surface area (Å²) < 4.78 is 14.2. The number of nitrogens with one attached hydrogen (secondary N) is 1. The SMILES string of the molecule is Cc1ccc(F)c(NC(=O)c2ccc(C3SCCS3)cc2)c1. The molecule has 22 heavy (non-hydrogen) atoms. The molecule has 1 fully saturated rings. The molecule has 1 amide bonds. The van der Waals surface area contributed by atoms with Gasteiger partial charge >= 0.3 is 0 Å². The van der Waals surface area contributed by atoms with Crippen LogP contribution in [0.5, 0.6) is 0 Å². The molecule has 0 unspecified atom stereocenters. The van der Waals surface area contributed by atoms with E-state index < -0.39 is 5.82 Å². The number of hydrogen-bond acceptors (Lipinski definition) is 3. The highest BCUT2D eigenvalue weighted by Gasteiger charge is 2.18. The monoisotopic (exact) mass is 333 g/mol. The van der Waals surface area contributed by atoms with Crippen molar-refractivity contribution in [1.29, 1.82) is 0 Å². The first-order valence-corrected chi connectivity index (χ1v) is 9.14. The van der Waals surface area contributed by atoms with Crippen LogP contribution in [-0.2, 0) is 0 Å². The quantitative estimate of drug-likeness (QED) is 0.869. The predicted molar refractivity (Wildman–Crippen MR) is 93.2 cm³/mol. The maximum absolute atomic E-state index is 13.7. The maximum atomic E-state index is 13.7. The van der Waals surface area contributed by atoms with Crippen molar-refractivity contribution in [2.24, 2.45) is 0 Å². The lowest BCUT2D eigenvalue weighted by atomic mass is 10.1. The molecular weight excluding hydrogens is 317 g/mol. The molecule has 1 aliphatic rings. The number of amides is 1. The van der Waals surface area contributed by atoms with E-state index in [9.17, 15) is 9.18 Å². The molecule has 114 valence electrons. The van der Waals surface area contributed by atoms with E-state index in [0.717, 1.165) is 5.56 Å². The van der Waals surface area contributed by atoms with Crippen molar-refractivity contribution < 1.29 is 9.18 Å². The van der Waals surface area contributed by atoms with E-state index in [2.05, 4.69) is 5.32 Å². The Balaban J connectivity index is 1.73. The van der Waals surface area contributed by atoms with E-state index in [1.165, 1.54) is 23.1 Å². The van der Waals surface area contributed by atoms with Gasteiger partial charge in [-0.25, -0.2) is 4.39 Å². The standard InChI is InChI=1S/C17H16FNOS2/c1-11-2-7-14(18)15(10-11)19-16(20)12-3-5-13(6-4-12)17-21-8-9-22-17/h2-7,10,17H,8-9H2,1H3,(H,19,20). The van der Waals surface area contributed by atoms with Gasteiger partial charge in [0.1, 0.15) is 5.82 Å². The fraction of sp³-hybridized carbons (Fsp3) is 0.235. The van der Waals surface area contributed by atoms with Crippen LogP contribution in [0.3, 0.4) is 0 Å². The molecule has 1 heterocycles. The number of thioether (sulfide) groups is 2. The molecule has 2 aromatic rings. The summed E-state index contributed by atoms with van der Waals surface area (Å²) in [6.45, 7) is 1.86. The average Bonchev–Trinajstić information content (AvgIpc) is 3.05. The van der Waals surface area contributed by atoms with Crippen LogP contribution in [0.2, 0.25) is 0 Å². The van der Waals surface area contributed by atoms with Crippen LogP contribution in [-0.4, -0.2) is 17.4 Å². The van der Waals surface area contributed by atoms with Gasteiger partial charge < -0.3 is 5.32 Å². The van der Waals surface area contributed by atoms with E-state index in [1.54, 1.807) is 24.3 Å². The Kier molecular flexibility index (Phi) is 4.74. The van der Waals surface area contributed by atoms with Crippen LogP contribution >= 0.6 is 23.5 Å². The summed E-state index contributed by atoms with van der Waals surface area (Å²) in [5, 5.41) is 2.63. The average molecular weight is 333 g/mol. The number of aryl methyl sites for hydroxylation is 1. The summed E-state index contributed by atoms with van der Waals surface area (Å²) >= 11 is 3.86. The molecular formula is C17H16FNOS2. The van der Waals surface area contributed by atoms with Crippen LogP contribution in [0.1, 0.15) is 26.1 Å². The van der Waals surface area contributed by atoms with E-state index >= 15 is 0 Å². The Labute approximate surface area is 137 Å². The largest absolute Gasteiger partial charge is 0.319 e. The molecule has 0 aliphatic carbocycles. The van der Waals surface area contributed by atoms with E-state index in [0.29, 0.717) is 10.1 Å². The van der Waals surface area contributed by atoms with Crippen LogP contribution in [0.4, 0.5) is 10.1 Å². The summed E-state index contributed by atoms with van der Waals surface area (Å²) in [6.07, 6.45) is 0. The summed E-state index contributed by atoms with van der Waals surface area (Å²) in [7, 11) is 0. The highest BCUT2D eigenvalue weighted by Crippen LogP contribution is 2.45. The second-order valence-corrected chi connectivity index (χ2v) is 7.86. The summed E-state index contributed by atoms with van der Waals surface area (Å²) in [5.74, 6) is 1.63. The molecule has 0 radical (unpaired) electrons. The maximum Gasteiger partial charge on any atom is 0.255 e. The van der Waals surface area contributed by atoms with Gasteiger partial charge in [0.2, 0.25) is 0 Å². The van der Waals surface area contributed by atoms with Crippen LogP contribution < -0.4 is 5.32 Å². The molecule has 0 atom stereocenters. The molecule has 0 spiro atoms. The van der Waals surface area contributed by atoms with Gasteiger partial charge in [0.05, 0.1) is 10.3 Å². The van der Waals surface area contributed by atoms with E-state index in [-0.39, 0.29) is 11.6 Å². The third kappa shape index (κ3) is 3.47. The lowest BCUT2D eigenvalue weighted by molar-refractivity contribution is 0.102. The highest BCUT2D eigenvalue weighted by atomic mass is 32.2. The van der Waals surface area contributed by atoms with Crippen molar-refractivity contribution in [1.82, 2.24) is 0 Å². The Hall–Kier alpha value is -1.46. The van der Waals surface area contributed by atoms with E-state index in [1.807, 2.05) is 42.6 Å². The van der Waals surface area contributed by atoms with Crippen molar-refractivity contribution in [2.45, 2.75) is 11.5 Å². The van der Waals surface area contributed by atoms with Gasteiger partial charge in [-0.2, -0.15) is 0 Å². The van der Waals surface area contributed by atoms with Crippen LogP contribution in [0.25, 0.3) is 0 Å². The van der Waals surface area contributed by atoms with Crippen LogP contribution in [0.15, 0.2) is 42.5 Å². The lowest BCUT2D eigenvalue weighted by Gasteiger charge is -2.10. The zero-order valence-electron chi connectivity index (χ0n) is 12.1. The van der Waals surface area contributed by atoms with Gasteiger partial charge in [0, 0.05) is 17.1 Å². The fourth-order valence-corrected chi connectivity index (χ4v) is 5.13. The van der Waals surface area contributed by atoms with Gasteiger partial charge in [0.15, 0.2) is 0 Å². The molecule has 0 bridgehead atoms. The van der Waals surface area contributed by atoms with Crippen LogP contribution in [0, 0.1) is 12.7 Å². The van der Waals surface area contributed by atoms with Crippen molar-refractivity contribution in [3.05, 3.63) is 65.0 Å². The van der Waals surface area contributed by atoms with Gasteiger partial charge in [-0.05, 0) is 42.3 Å². The zero-order chi connectivity index (χ0) is 15.5. The third-order valence-corrected chi connectivity index (χ3v) is 6.54. The van der Waals surface area contributed by atoms with E-state index in [4.69, 9.17) is 0 Å². The first-order valence-electron chi connectivity index (χ1n) is 7.04. The molecule has 0 saturated carbocycles. The van der Waals surface area contributed by atoms with Crippen molar-refractivity contribution >= 4 is 35.1 Å². The summed E-state index contributed by atoms with van der Waals surface area (Å²) in [6, 6.07) is 12.2. The number of carbonyl (C=O) groups excluding carboxylic acids is 1. The molecule has 3 rings (SSSR count). The van der Waals surface area contributed by atoms with Gasteiger partial charge in [-0.15, -0.1) is 23.5 Å². The Bertz CT molecular complexity index is 682. The Morgan fingerprint density at radius 1 is 1.14 bits per heavy atom. The smallest absolute Gasteiger partial charge is 0.255 e. The summed E-state index contributed by atoms with van der Waals surface area (Å²) in [5.41, 5.74) is 2.89. The minimum absolute atomic E-state index is 0.219. The number of halogens is 1. The lowest BCUT2D eigenvalue weighted by Crippen LogP contribution is -2.13. The van der Waals surface area contributed by atoms with Gasteiger partial charge in [-0.1, -0.05) is 18.2 Å². The van der Waals surface area contributed by atoms with Crippen molar-refractivity contribution in [3.8, 4) is 0 Å². The molecule has 2 aromatic carbocycles. The number of anilines is 1. The first kappa shape index (κ1) is 15.4. The summed E-state index contributed by atoms with van der Waals surface area (Å²) in [4.78, 5) is 12.2. The minimum Gasteiger partial charge on any atom is -0.319 e. The Morgan fingerprint density at radius 2 is 1.82 bits per heavy atom. The van der Waals surface area contributed by atoms with Gasteiger partial charge in [0.25, 0.3) is 5.91 Å². The third-order valence-electron chi connectivity index (χ3n) is 3.44. The number of carbonyl (C=O) groups is 1. The first-order chi connectivity index (χ1) is 10.6. The van der Waals surface area contributed by atoms with Gasteiger partial charge in [-0.3, -0.25) is 4.79 Å². The second kappa shape index (κ2) is 6.75. The number of benzene rings is 2. The number of rotatable bonds is 3. The molecule has 2 nitrogen and oxygen atoms in total. The Morgan fingerprint density at radius 3 is 2.50 bits per heavy atom. The normalized spacial score (nSPS) is 15.0. The highest BCUT2D eigenvalue weighted by molar-refractivity contribution is 8.19. The molecule has 1 saturated heterocycles. The molecule has 5 heteroatoms. The zero-order valence-corrected chi connectivity index (χ0v) is 13.8. The molecule has 1 aliphatic heterocycles. The second-order valence-electron chi connectivity index (χ2n) is 5.13. The minimum atomic E-state index is -0.422. The topological polar surface area (TPSA) is 29.1 Å².